The summed E-state index contributed by atoms with van der Waals surface area (Å²) in [4.78, 5) is 15.1. The van der Waals surface area contributed by atoms with Crippen LogP contribution in [-0.2, 0) is 11.5 Å². The molecule has 0 unspecified atom stereocenters. The molecule has 4 heteroatoms. The first kappa shape index (κ1) is 21.5. The van der Waals surface area contributed by atoms with Gasteiger partial charge in [0.15, 0.2) is 0 Å². The highest BCUT2D eigenvalue weighted by molar-refractivity contribution is 7.98. The van der Waals surface area contributed by atoms with E-state index in [2.05, 4.69) is 66.8 Å². The van der Waals surface area contributed by atoms with Crippen LogP contribution in [-0.4, -0.2) is 12.5 Å². The van der Waals surface area contributed by atoms with Crippen molar-refractivity contribution in [2.75, 3.05) is 6.54 Å². The van der Waals surface area contributed by atoms with E-state index in [1.165, 1.54) is 20.9 Å². The Balaban J connectivity index is 1.74. The van der Waals surface area contributed by atoms with Gasteiger partial charge in [-0.3, -0.25) is 4.79 Å². The summed E-state index contributed by atoms with van der Waals surface area (Å²) < 4.78 is 0. The Morgan fingerprint density at radius 3 is 1.79 bits per heavy atom. The summed E-state index contributed by atoms with van der Waals surface area (Å²) in [7, 11) is 0. The minimum Gasteiger partial charge on any atom is -0.352 e. The molecule has 0 aliphatic heterocycles. The minimum atomic E-state index is 0.0240. The van der Waals surface area contributed by atoms with Crippen molar-refractivity contribution in [1.82, 2.24) is 5.32 Å². The predicted molar refractivity (Wildman–Crippen MR) is 126 cm³/mol. The fourth-order valence-electron chi connectivity index (χ4n) is 2.91. The van der Waals surface area contributed by atoms with Crippen molar-refractivity contribution in [2.24, 2.45) is 0 Å². The molecule has 0 atom stereocenters. The van der Waals surface area contributed by atoms with Crippen molar-refractivity contribution < 1.29 is 4.79 Å². The molecule has 3 rings (SSSR count). The van der Waals surface area contributed by atoms with Crippen LogP contribution in [0.4, 0.5) is 0 Å². The van der Waals surface area contributed by atoms with Gasteiger partial charge in [-0.15, -0.1) is 23.5 Å². The predicted octanol–water partition coefficient (Wildman–Crippen LogP) is 6.80. The number of rotatable bonds is 10. The van der Waals surface area contributed by atoms with Gasteiger partial charge in [-0.1, -0.05) is 55.8 Å². The molecule has 0 aliphatic carbocycles. The summed E-state index contributed by atoms with van der Waals surface area (Å²) >= 11 is 3.60. The average molecular weight is 422 g/mol. The Morgan fingerprint density at radius 2 is 1.31 bits per heavy atom. The molecular formula is C25H27NOS2. The van der Waals surface area contributed by atoms with Crippen LogP contribution in [0.1, 0.15) is 41.3 Å². The third-order valence-electron chi connectivity index (χ3n) is 4.43. The summed E-state index contributed by atoms with van der Waals surface area (Å²) in [6.07, 6.45) is 2.08. The van der Waals surface area contributed by atoms with Crippen molar-refractivity contribution in [3.63, 3.8) is 0 Å². The van der Waals surface area contributed by atoms with Crippen molar-refractivity contribution in [2.45, 2.75) is 41.1 Å². The Kier molecular flexibility index (Phi) is 8.72. The number of benzene rings is 3. The van der Waals surface area contributed by atoms with E-state index < -0.39 is 0 Å². The van der Waals surface area contributed by atoms with Crippen LogP contribution in [0, 0.1) is 0 Å². The maximum atomic E-state index is 12.6. The number of carbonyl (C=O) groups excluding carboxylic acids is 1. The summed E-state index contributed by atoms with van der Waals surface area (Å²) in [5.41, 5.74) is 3.13. The first-order valence-corrected chi connectivity index (χ1v) is 12.0. The molecule has 0 aliphatic rings. The van der Waals surface area contributed by atoms with Gasteiger partial charge in [-0.25, -0.2) is 0 Å². The molecule has 29 heavy (non-hydrogen) atoms. The number of amides is 1. The molecule has 0 heterocycles. The van der Waals surface area contributed by atoms with Crippen molar-refractivity contribution in [3.8, 4) is 0 Å². The second-order valence-electron chi connectivity index (χ2n) is 6.85. The maximum Gasteiger partial charge on any atom is 0.251 e. The lowest BCUT2D eigenvalue weighted by molar-refractivity contribution is 0.0953. The Labute approximate surface area is 182 Å². The number of carbonyl (C=O) groups is 1. The molecule has 150 valence electrons. The molecule has 1 N–H and O–H groups in total. The van der Waals surface area contributed by atoms with E-state index in [-0.39, 0.29) is 5.91 Å². The topological polar surface area (TPSA) is 29.1 Å². The van der Waals surface area contributed by atoms with Crippen molar-refractivity contribution >= 4 is 29.4 Å². The highest BCUT2D eigenvalue weighted by Crippen LogP contribution is 2.27. The van der Waals surface area contributed by atoms with E-state index in [1.54, 1.807) is 23.5 Å². The highest BCUT2D eigenvalue weighted by Gasteiger charge is 2.10. The number of unbranched alkanes of at least 4 members (excludes halogenated alkanes) is 1. The van der Waals surface area contributed by atoms with Gasteiger partial charge in [-0.2, -0.15) is 0 Å². The molecule has 0 radical (unpaired) electrons. The van der Waals surface area contributed by atoms with Crippen LogP contribution in [0.3, 0.4) is 0 Å². The minimum absolute atomic E-state index is 0.0240. The van der Waals surface area contributed by atoms with Gasteiger partial charge < -0.3 is 5.32 Å². The van der Waals surface area contributed by atoms with Gasteiger partial charge in [0.25, 0.3) is 5.91 Å². The lowest BCUT2D eigenvalue weighted by Crippen LogP contribution is -2.24. The zero-order valence-electron chi connectivity index (χ0n) is 16.8. The largest absolute Gasteiger partial charge is 0.352 e. The van der Waals surface area contributed by atoms with Crippen LogP contribution >= 0.6 is 23.5 Å². The lowest BCUT2D eigenvalue weighted by Gasteiger charge is -2.11. The molecule has 3 aromatic carbocycles. The van der Waals surface area contributed by atoms with Crippen LogP contribution in [0.25, 0.3) is 0 Å². The van der Waals surface area contributed by atoms with Gasteiger partial charge in [0, 0.05) is 33.4 Å². The normalized spacial score (nSPS) is 10.7. The van der Waals surface area contributed by atoms with E-state index >= 15 is 0 Å². The van der Waals surface area contributed by atoms with Crippen LogP contribution in [0.2, 0.25) is 0 Å². The van der Waals surface area contributed by atoms with E-state index in [0.29, 0.717) is 0 Å². The number of hydrogen-bond acceptors (Lipinski definition) is 3. The summed E-state index contributed by atoms with van der Waals surface area (Å²) in [5.74, 6) is 1.72. The first-order chi connectivity index (χ1) is 14.2. The maximum absolute atomic E-state index is 12.6. The monoisotopic (exact) mass is 421 g/mol. The summed E-state index contributed by atoms with van der Waals surface area (Å²) in [5, 5.41) is 3.05. The zero-order valence-corrected chi connectivity index (χ0v) is 18.4. The summed E-state index contributed by atoms with van der Waals surface area (Å²) in [6.45, 7) is 2.86. The van der Waals surface area contributed by atoms with E-state index in [0.717, 1.165) is 36.5 Å². The second kappa shape index (κ2) is 11.7. The van der Waals surface area contributed by atoms with Gasteiger partial charge in [-0.05, 0) is 53.9 Å². The summed E-state index contributed by atoms with van der Waals surface area (Å²) in [6, 6.07) is 27.1. The first-order valence-electron chi connectivity index (χ1n) is 10.0. The Bertz CT molecular complexity index is 835. The molecule has 0 saturated carbocycles. The number of hydrogen-bond donors (Lipinski definition) is 1. The molecule has 0 aromatic heterocycles. The van der Waals surface area contributed by atoms with Gasteiger partial charge in [0.05, 0.1) is 0 Å². The molecule has 2 nitrogen and oxygen atoms in total. The average Bonchev–Trinajstić information content (AvgIpc) is 2.78. The smallest absolute Gasteiger partial charge is 0.251 e. The van der Waals surface area contributed by atoms with Crippen LogP contribution in [0.5, 0.6) is 0 Å². The van der Waals surface area contributed by atoms with Gasteiger partial charge in [0.2, 0.25) is 0 Å². The molecule has 1 amide bonds. The fraction of sp³-hybridized carbons (Fsp3) is 0.240. The van der Waals surface area contributed by atoms with E-state index in [9.17, 15) is 4.79 Å². The quantitative estimate of drug-likeness (QED) is 0.288. The third kappa shape index (κ3) is 7.30. The molecule has 0 bridgehead atoms. The van der Waals surface area contributed by atoms with E-state index in [4.69, 9.17) is 0 Å². The molecular weight excluding hydrogens is 394 g/mol. The molecule has 0 fully saturated rings. The van der Waals surface area contributed by atoms with Crippen molar-refractivity contribution in [3.05, 3.63) is 95.6 Å². The lowest BCUT2D eigenvalue weighted by atomic mass is 10.1. The fourth-order valence-corrected chi connectivity index (χ4v) is 4.61. The Hall–Kier alpha value is -2.17. The molecule has 0 saturated heterocycles. The van der Waals surface area contributed by atoms with Crippen LogP contribution in [0.15, 0.2) is 88.7 Å². The number of thioether (sulfide) groups is 2. The zero-order chi connectivity index (χ0) is 20.3. The highest BCUT2D eigenvalue weighted by atomic mass is 32.2. The van der Waals surface area contributed by atoms with Crippen LogP contribution < -0.4 is 5.32 Å². The standard InChI is InChI=1S/C25H27NOS2/c1-2-3-14-26-25(27)22-16-20(18-28-23-10-6-4-7-11-23)15-21(17-22)19-29-24-12-8-5-9-13-24/h4-13,15-17H,2-3,14,18-19H2,1H3,(H,26,27). The molecule has 3 aromatic rings. The second-order valence-corrected chi connectivity index (χ2v) is 8.95. The van der Waals surface area contributed by atoms with E-state index in [1.807, 2.05) is 24.3 Å². The SMILES string of the molecule is CCCCNC(=O)c1cc(CSc2ccccc2)cc(CSc2ccccc2)c1. The Morgan fingerprint density at radius 1 is 0.793 bits per heavy atom. The number of nitrogens with one attached hydrogen (secondary N) is 1. The van der Waals surface area contributed by atoms with Crippen molar-refractivity contribution in [1.29, 1.82) is 0 Å². The molecule has 0 spiro atoms. The third-order valence-corrected chi connectivity index (χ3v) is 6.59. The van der Waals surface area contributed by atoms with Gasteiger partial charge >= 0.3 is 0 Å². The van der Waals surface area contributed by atoms with Gasteiger partial charge in [0.1, 0.15) is 0 Å².